The summed E-state index contributed by atoms with van der Waals surface area (Å²) >= 11 is 0. The van der Waals surface area contributed by atoms with E-state index in [0.717, 1.165) is 22.3 Å². The molecule has 2 N–H and O–H groups in total. The predicted molar refractivity (Wildman–Crippen MR) is 161 cm³/mol. The number of amides is 1. The van der Waals surface area contributed by atoms with Gasteiger partial charge in [-0.05, 0) is 61.1 Å². The third-order valence-electron chi connectivity index (χ3n) is 6.69. The Bertz CT molecular complexity index is 1230. The molecule has 0 spiro atoms. The Morgan fingerprint density at radius 2 is 1.57 bits per heavy atom. The molecule has 0 fully saturated rings. The van der Waals surface area contributed by atoms with E-state index < -0.39 is 23.8 Å². The summed E-state index contributed by atoms with van der Waals surface area (Å²) in [4.78, 5) is 34.8. The van der Waals surface area contributed by atoms with Crippen LogP contribution in [0, 0.1) is 25.6 Å². The third kappa shape index (κ3) is 10.1. The first-order chi connectivity index (χ1) is 19.2. The maximum Gasteiger partial charge on any atom is 0.307 e. The minimum atomic E-state index is -1.19. The molecule has 0 aliphatic rings. The van der Waals surface area contributed by atoms with Gasteiger partial charge >= 0.3 is 5.97 Å². The Morgan fingerprint density at radius 1 is 0.925 bits per heavy atom. The highest BCUT2D eigenvalue weighted by atomic mass is 19.1. The molecule has 0 aliphatic carbocycles. The van der Waals surface area contributed by atoms with Gasteiger partial charge in [-0.3, -0.25) is 9.59 Å². The molecule has 3 rings (SSSR count). The van der Waals surface area contributed by atoms with E-state index in [1.165, 1.54) is 11.6 Å². The van der Waals surface area contributed by atoms with Crippen molar-refractivity contribution in [2.45, 2.75) is 79.7 Å². The van der Waals surface area contributed by atoms with Crippen molar-refractivity contribution >= 4 is 18.2 Å². The van der Waals surface area contributed by atoms with Crippen molar-refractivity contribution in [2.75, 3.05) is 0 Å². The number of halogens is 1. The summed E-state index contributed by atoms with van der Waals surface area (Å²) in [7, 11) is 0. The third-order valence-corrected chi connectivity index (χ3v) is 6.69. The number of nitrogens with one attached hydrogen (secondary N) is 1. The van der Waals surface area contributed by atoms with Gasteiger partial charge in [-0.25, -0.2) is 4.39 Å². The van der Waals surface area contributed by atoms with Crippen LogP contribution in [0.3, 0.4) is 0 Å². The summed E-state index contributed by atoms with van der Waals surface area (Å²) < 4.78 is 15.2. The van der Waals surface area contributed by atoms with Crippen LogP contribution in [0.4, 0.5) is 4.39 Å². The molecule has 6 heteroatoms. The second kappa shape index (κ2) is 17.7. The summed E-state index contributed by atoms with van der Waals surface area (Å²) in [6.45, 7) is 13.9. The molecule has 0 aromatic heterocycles. The lowest BCUT2D eigenvalue weighted by molar-refractivity contribution is -0.145. The molecule has 2 unspecified atom stereocenters. The van der Waals surface area contributed by atoms with Gasteiger partial charge in [0.15, 0.2) is 0 Å². The van der Waals surface area contributed by atoms with Crippen molar-refractivity contribution in [3.8, 4) is 11.1 Å². The van der Waals surface area contributed by atoms with Crippen molar-refractivity contribution in [3.63, 3.8) is 0 Å². The quantitative estimate of drug-likeness (QED) is 0.240. The van der Waals surface area contributed by atoms with Crippen LogP contribution in [-0.2, 0) is 20.8 Å². The van der Waals surface area contributed by atoms with Crippen LogP contribution in [0.25, 0.3) is 11.1 Å². The topological polar surface area (TPSA) is 83.5 Å². The Hall–Kier alpha value is -3.80. The second-order valence-corrected chi connectivity index (χ2v) is 9.33. The molecule has 0 aliphatic heterocycles. The minimum Gasteiger partial charge on any atom is -0.481 e. The second-order valence-electron chi connectivity index (χ2n) is 9.33. The first-order valence-corrected chi connectivity index (χ1v) is 14.1. The highest BCUT2D eigenvalue weighted by Crippen LogP contribution is 2.30. The molecule has 5 nitrogen and oxygen atoms in total. The van der Waals surface area contributed by atoms with Crippen LogP contribution in [-0.4, -0.2) is 29.3 Å². The standard InChI is InChI=1S/C30H32FNO4.2C2H6/c1-19-9-10-22(15-20(19)2)16-27(21(3)32-29(34)18-25(13-14-33)30(35)36)24-11-12-26(28(31)17-24)23-7-5-4-6-8-23;2*1-2/h4-12,14-15,17,21,25,27H,13,16,18H2,1-3H3,(H,32,34)(H,35,36);2*1-2H3/t21?,25?,27-;;/m1../s1. The Morgan fingerprint density at radius 3 is 2.12 bits per heavy atom. The normalized spacial score (nSPS) is 12.4. The number of benzene rings is 3. The van der Waals surface area contributed by atoms with Crippen molar-refractivity contribution in [2.24, 2.45) is 5.92 Å². The Labute approximate surface area is 238 Å². The minimum absolute atomic E-state index is 0.227. The van der Waals surface area contributed by atoms with E-state index in [-0.39, 0.29) is 24.6 Å². The number of carbonyl (C=O) groups is 3. The summed E-state index contributed by atoms with van der Waals surface area (Å²) in [6.07, 6.45) is 0.546. The fourth-order valence-corrected chi connectivity index (χ4v) is 4.41. The molecule has 0 heterocycles. The maximum absolute atomic E-state index is 15.2. The molecule has 1 amide bonds. The molecule has 3 atom stereocenters. The van der Waals surface area contributed by atoms with E-state index in [2.05, 4.69) is 11.4 Å². The molecule has 0 radical (unpaired) electrons. The van der Waals surface area contributed by atoms with Crippen molar-refractivity contribution < 1.29 is 23.9 Å². The largest absolute Gasteiger partial charge is 0.481 e. The van der Waals surface area contributed by atoms with Crippen LogP contribution in [0.2, 0.25) is 0 Å². The number of aldehydes is 1. The highest BCUT2D eigenvalue weighted by molar-refractivity contribution is 5.83. The monoisotopic (exact) mass is 549 g/mol. The van der Waals surface area contributed by atoms with E-state index in [1.54, 1.807) is 6.07 Å². The SMILES string of the molecule is CC.CC.Cc1ccc(C[C@@H](c2ccc(-c3ccccc3)c(F)c2)C(C)NC(=O)CC(CC=O)C(=O)O)cc1C. The first kappa shape index (κ1) is 34.2. The summed E-state index contributed by atoms with van der Waals surface area (Å²) in [5, 5.41) is 12.2. The zero-order valence-electron chi connectivity index (χ0n) is 24.8. The van der Waals surface area contributed by atoms with Gasteiger partial charge in [0.05, 0.1) is 5.92 Å². The molecule has 0 saturated carbocycles. The van der Waals surface area contributed by atoms with Gasteiger partial charge in [0.2, 0.25) is 5.91 Å². The summed E-state index contributed by atoms with van der Waals surface area (Å²) in [5.41, 5.74) is 5.39. The number of aliphatic carboxylic acids is 1. The van der Waals surface area contributed by atoms with E-state index in [4.69, 9.17) is 0 Å². The maximum atomic E-state index is 15.2. The van der Waals surface area contributed by atoms with Gasteiger partial charge in [-0.15, -0.1) is 0 Å². The molecular formula is C34H44FNO4. The van der Waals surface area contributed by atoms with Gasteiger partial charge in [-0.2, -0.15) is 0 Å². The van der Waals surface area contributed by atoms with Gasteiger partial charge in [0.1, 0.15) is 12.1 Å². The van der Waals surface area contributed by atoms with E-state index >= 15 is 4.39 Å². The number of hydrogen-bond donors (Lipinski definition) is 2. The van der Waals surface area contributed by atoms with Crippen LogP contribution < -0.4 is 5.32 Å². The van der Waals surface area contributed by atoms with Gasteiger partial charge in [0.25, 0.3) is 0 Å². The predicted octanol–water partition coefficient (Wildman–Crippen LogP) is 7.67. The number of carboxylic acids is 1. The number of aryl methyl sites for hydroxylation is 2. The van der Waals surface area contributed by atoms with Gasteiger partial charge in [0, 0.05) is 30.4 Å². The first-order valence-electron chi connectivity index (χ1n) is 14.1. The number of hydrogen-bond acceptors (Lipinski definition) is 3. The van der Waals surface area contributed by atoms with Crippen LogP contribution in [0.15, 0.2) is 66.7 Å². The molecule has 3 aromatic carbocycles. The molecular weight excluding hydrogens is 505 g/mol. The smallest absolute Gasteiger partial charge is 0.307 e. The summed E-state index contributed by atoms with van der Waals surface area (Å²) in [6, 6.07) is 20.2. The van der Waals surface area contributed by atoms with Crippen molar-refractivity contribution in [1.82, 2.24) is 5.32 Å². The zero-order chi connectivity index (χ0) is 30.2. The average molecular weight is 550 g/mol. The average Bonchev–Trinajstić information content (AvgIpc) is 2.95. The van der Waals surface area contributed by atoms with E-state index in [1.807, 2.05) is 97.0 Å². The van der Waals surface area contributed by atoms with Gasteiger partial charge in [-0.1, -0.05) is 88.4 Å². The lowest BCUT2D eigenvalue weighted by atomic mass is 9.85. The molecule has 216 valence electrons. The number of carboxylic acid groups (broad SMARTS) is 1. The van der Waals surface area contributed by atoms with E-state index in [9.17, 15) is 19.5 Å². The summed E-state index contributed by atoms with van der Waals surface area (Å²) in [5.74, 6) is -3.32. The molecule has 0 bridgehead atoms. The fourth-order valence-electron chi connectivity index (χ4n) is 4.41. The van der Waals surface area contributed by atoms with E-state index in [0.29, 0.717) is 18.3 Å². The van der Waals surface area contributed by atoms with Crippen molar-refractivity contribution in [1.29, 1.82) is 0 Å². The number of carbonyl (C=O) groups excluding carboxylic acids is 2. The molecule has 0 saturated heterocycles. The highest BCUT2D eigenvalue weighted by Gasteiger charge is 2.26. The number of rotatable bonds is 11. The van der Waals surface area contributed by atoms with Crippen LogP contribution >= 0.6 is 0 Å². The Kier molecular flexibility index (Phi) is 15.2. The lowest BCUT2D eigenvalue weighted by Crippen LogP contribution is -2.39. The zero-order valence-corrected chi connectivity index (χ0v) is 24.8. The lowest BCUT2D eigenvalue weighted by Gasteiger charge is -2.27. The fraction of sp³-hybridized carbons (Fsp3) is 0.382. The molecule has 40 heavy (non-hydrogen) atoms. The van der Waals surface area contributed by atoms with Crippen LogP contribution in [0.5, 0.6) is 0 Å². The Balaban J connectivity index is 0.00000191. The van der Waals surface area contributed by atoms with Crippen molar-refractivity contribution in [3.05, 3.63) is 94.8 Å². The molecule has 3 aromatic rings. The van der Waals surface area contributed by atoms with Gasteiger partial charge < -0.3 is 15.2 Å². The van der Waals surface area contributed by atoms with Crippen LogP contribution in [0.1, 0.15) is 75.6 Å².